The van der Waals surface area contributed by atoms with Gasteiger partial charge in [0.05, 0.1) is 11.4 Å². The van der Waals surface area contributed by atoms with Gasteiger partial charge < -0.3 is 4.74 Å². The molecule has 0 spiro atoms. The summed E-state index contributed by atoms with van der Waals surface area (Å²) in [6.07, 6.45) is 3.14. The van der Waals surface area contributed by atoms with Crippen LogP contribution in [0.4, 0.5) is 0 Å². The zero-order chi connectivity index (χ0) is 25.4. The molecule has 3 heterocycles. The van der Waals surface area contributed by atoms with E-state index >= 15 is 0 Å². The molecule has 1 amide bonds. The van der Waals surface area contributed by atoms with Crippen molar-refractivity contribution in [1.82, 2.24) is 14.3 Å². The fourth-order valence-corrected chi connectivity index (χ4v) is 5.30. The van der Waals surface area contributed by atoms with Crippen LogP contribution in [0.15, 0.2) is 76.6 Å². The summed E-state index contributed by atoms with van der Waals surface area (Å²) >= 11 is 12.9. The molecule has 0 bridgehead atoms. The number of halogens is 1. The lowest BCUT2D eigenvalue weighted by Gasteiger charge is -2.15. The van der Waals surface area contributed by atoms with Crippen molar-refractivity contribution in [2.24, 2.45) is 0 Å². The molecule has 0 aliphatic carbocycles. The summed E-state index contributed by atoms with van der Waals surface area (Å²) in [5.41, 5.74) is 3.03. The van der Waals surface area contributed by atoms with Gasteiger partial charge in [0.25, 0.3) is 11.5 Å². The number of benzene rings is 2. The van der Waals surface area contributed by atoms with Crippen molar-refractivity contribution in [2.45, 2.75) is 20.4 Å². The molecule has 0 atom stereocenters. The van der Waals surface area contributed by atoms with E-state index in [1.54, 1.807) is 30.5 Å². The summed E-state index contributed by atoms with van der Waals surface area (Å²) in [5.74, 6) is 0.392. The highest BCUT2D eigenvalue weighted by atomic mass is 35.5. The van der Waals surface area contributed by atoms with Gasteiger partial charge >= 0.3 is 0 Å². The van der Waals surface area contributed by atoms with E-state index in [2.05, 4.69) is 4.98 Å². The predicted molar refractivity (Wildman–Crippen MR) is 148 cm³/mol. The van der Waals surface area contributed by atoms with Gasteiger partial charge in [-0.25, -0.2) is 0 Å². The van der Waals surface area contributed by atoms with Gasteiger partial charge in [0.15, 0.2) is 0 Å². The molecule has 9 heteroatoms. The second kappa shape index (κ2) is 9.89. The first-order chi connectivity index (χ1) is 17.3. The van der Waals surface area contributed by atoms with Gasteiger partial charge in [-0.2, -0.15) is 4.98 Å². The molecule has 0 saturated carbocycles. The molecule has 0 radical (unpaired) electrons. The lowest BCUT2D eigenvalue weighted by atomic mass is 10.1. The molecule has 2 aromatic carbocycles. The van der Waals surface area contributed by atoms with Gasteiger partial charge in [0, 0.05) is 11.2 Å². The maximum atomic E-state index is 13.5. The van der Waals surface area contributed by atoms with Gasteiger partial charge in [-0.05, 0) is 55.3 Å². The summed E-state index contributed by atoms with van der Waals surface area (Å²) < 4.78 is 7.95. The molecule has 1 fully saturated rings. The SMILES string of the molecule is Cc1ccc(Oc2nc3ccccn3c(=O)c2/C=C2/SC(=S)N(Cc3ccccc3Cl)C2=O)c(C)c1. The molecular weight excluding hydrogens is 514 g/mol. The lowest BCUT2D eigenvalue weighted by Crippen LogP contribution is -2.27. The third-order valence-electron chi connectivity index (χ3n) is 5.71. The lowest BCUT2D eigenvalue weighted by molar-refractivity contribution is -0.122. The highest BCUT2D eigenvalue weighted by Crippen LogP contribution is 2.36. The van der Waals surface area contributed by atoms with Gasteiger partial charge in [-0.3, -0.25) is 18.9 Å². The summed E-state index contributed by atoms with van der Waals surface area (Å²) in [6, 6.07) is 18.3. The van der Waals surface area contributed by atoms with Crippen LogP contribution >= 0.6 is 35.6 Å². The molecule has 180 valence electrons. The standard InChI is InChI=1S/C27H20ClN3O3S2/c1-16-10-11-21(17(2)13-16)34-24-19(25(32)30-12-6-5-9-23(30)29-24)14-22-26(33)31(27(35)36-22)15-18-7-3-4-8-20(18)28/h3-14H,15H2,1-2H3/b22-14+. The summed E-state index contributed by atoms with van der Waals surface area (Å²) in [4.78, 5) is 33.2. The molecule has 1 aliphatic heterocycles. The van der Waals surface area contributed by atoms with Crippen LogP contribution in [0.2, 0.25) is 5.02 Å². The molecule has 1 aliphatic rings. The zero-order valence-corrected chi connectivity index (χ0v) is 21.8. The Balaban J connectivity index is 1.57. The summed E-state index contributed by atoms with van der Waals surface area (Å²) in [5, 5.41) is 0.552. The van der Waals surface area contributed by atoms with E-state index in [-0.39, 0.29) is 29.5 Å². The second-order valence-electron chi connectivity index (χ2n) is 8.29. The first kappa shape index (κ1) is 24.2. The Bertz CT molecular complexity index is 1630. The highest BCUT2D eigenvalue weighted by Gasteiger charge is 2.33. The molecule has 6 nitrogen and oxygen atoms in total. The fourth-order valence-electron chi connectivity index (χ4n) is 3.87. The van der Waals surface area contributed by atoms with E-state index in [0.717, 1.165) is 28.5 Å². The van der Waals surface area contributed by atoms with E-state index in [1.807, 2.05) is 50.2 Å². The number of carbonyl (C=O) groups excluding carboxylic acids is 1. The largest absolute Gasteiger partial charge is 0.438 e. The van der Waals surface area contributed by atoms with Crippen molar-refractivity contribution in [3.05, 3.63) is 109 Å². The van der Waals surface area contributed by atoms with Crippen LogP contribution in [-0.4, -0.2) is 24.5 Å². The number of nitrogens with zero attached hydrogens (tertiary/aromatic N) is 3. The van der Waals surface area contributed by atoms with Crippen LogP contribution in [0.5, 0.6) is 11.6 Å². The highest BCUT2D eigenvalue weighted by molar-refractivity contribution is 8.26. The number of hydrogen-bond acceptors (Lipinski definition) is 6. The molecule has 36 heavy (non-hydrogen) atoms. The third kappa shape index (κ3) is 4.67. The number of fused-ring (bicyclic) bond motifs is 1. The van der Waals surface area contributed by atoms with E-state index in [4.69, 9.17) is 28.6 Å². The number of pyridine rings is 1. The van der Waals surface area contributed by atoms with Crippen molar-refractivity contribution in [3.8, 4) is 11.6 Å². The molecule has 0 N–H and O–H groups in total. The average molecular weight is 534 g/mol. The van der Waals surface area contributed by atoms with Crippen LogP contribution in [0.25, 0.3) is 11.7 Å². The molecule has 2 aromatic heterocycles. The number of rotatable bonds is 5. The Morgan fingerprint density at radius 3 is 2.64 bits per heavy atom. The van der Waals surface area contributed by atoms with E-state index in [1.165, 1.54) is 15.4 Å². The van der Waals surface area contributed by atoms with E-state index in [0.29, 0.717) is 25.6 Å². The third-order valence-corrected chi connectivity index (χ3v) is 7.45. The van der Waals surface area contributed by atoms with Gasteiger partial charge in [0.2, 0.25) is 5.88 Å². The van der Waals surface area contributed by atoms with Crippen LogP contribution in [0.1, 0.15) is 22.3 Å². The fraction of sp³-hybridized carbons (Fsp3) is 0.111. The number of thiocarbonyl (C=S) groups is 1. The van der Waals surface area contributed by atoms with Crippen molar-refractivity contribution < 1.29 is 9.53 Å². The quantitative estimate of drug-likeness (QED) is 0.226. The maximum Gasteiger partial charge on any atom is 0.269 e. The van der Waals surface area contributed by atoms with Crippen LogP contribution in [0.3, 0.4) is 0 Å². The van der Waals surface area contributed by atoms with Gasteiger partial charge in [0.1, 0.15) is 21.3 Å². The number of hydrogen-bond donors (Lipinski definition) is 0. The number of thioether (sulfide) groups is 1. The topological polar surface area (TPSA) is 63.9 Å². The number of carbonyl (C=O) groups is 1. The number of aryl methyl sites for hydroxylation is 2. The minimum atomic E-state index is -0.350. The van der Waals surface area contributed by atoms with Crippen LogP contribution in [-0.2, 0) is 11.3 Å². The van der Waals surface area contributed by atoms with Crippen LogP contribution < -0.4 is 10.3 Å². The molecular formula is C27H20ClN3O3S2. The minimum absolute atomic E-state index is 0.120. The average Bonchev–Trinajstić information content (AvgIpc) is 3.12. The maximum absolute atomic E-state index is 13.5. The predicted octanol–water partition coefficient (Wildman–Crippen LogP) is 6.16. The Morgan fingerprint density at radius 2 is 1.86 bits per heavy atom. The minimum Gasteiger partial charge on any atom is -0.438 e. The Labute approximate surface area is 222 Å². The molecule has 0 unspecified atom stereocenters. The summed E-state index contributed by atoms with van der Waals surface area (Å²) in [6.45, 7) is 4.16. The van der Waals surface area contributed by atoms with Crippen molar-refractivity contribution in [2.75, 3.05) is 0 Å². The van der Waals surface area contributed by atoms with E-state index < -0.39 is 0 Å². The van der Waals surface area contributed by atoms with Crippen molar-refractivity contribution in [1.29, 1.82) is 0 Å². The molecule has 5 rings (SSSR count). The zero-order valence-electron chi connectivity index (χ0n) is 19.4. The monoisotopic (exact) mass is 533 g/mol. The smallest absolute Gasteiger partial charge is 0.269 e. The van der Waals surface area contributed by atoms with Crippen molar-refractivity contribution >= 4 is 57.5 Å². The van der Waals surface area contributed by atoms with E-state index in [9.17, 15) is 9.59 Å². The number of amides is 1. The Kier molecular flexibility index (Phi) is 6.66. The Hall–Kier alpha value is -3.46. The second-order valence-corrected chi connectivity index (χ2v) is 10.4. The molecule has 4 aromatic rings. The van der Waals surface area contributed by atoms with Crippen molar-refractivity contribution in [3.63, 3.8) is 0 Å². The summed E-state index contributed by atoms with van der Waals surface area (Å²) in [7, 11) is 0. The van der Waals surface area contributed by atoms with Gasteiger partial charge in [-0.1, -0.05) is 77.5 Å². The first-order valence-corrected chi connectivity index (χ1v) is 12.7. The first-order valence-electron chi connectivity index (χ1n) is 11.1. The number of aromatic nitrogens is 2. The number of ether oxygens (including phenoxy) is 1. The normalized spacial score (nSPS) is 14.8. The Morgan fingerprint density at radius 1 is 1.08 bits per heavy atom. The van der Waals surface area contributed by atoms with Crippen LogP contribution in [0, 0.1) is 13.8 Å². The van der Waals surface area contributed by atoms with Gasteiger partial charge in [-0.15, -0.1) is 0 Å². The molecule has 1 saturated heterocycles.